The van der Waals surface area contributed by atoms with E-state index in [2.05, 4.69) is 33.4 Å². The number of aliphatic imine (C=N–C) groups is 1. The summed E-state index contributed by atoms with van der Waals surface area (Å²) in [5.41, 5.74) is 1.98. The fraction of sp³-hybridized carbons (Fsp3) is 0.474. The van der Waals surface area contributed by atoms with Gasteiger partial charge in [0.05, 0.1) is 12.7 Å². The largest absolute Gasteiger partial charge is 0.386 e. The van der Waals surface area contributed by atoms with E-state index in [1.54, 1.807) is 6.07 Å². The molecule has 0 radical (unpaired) electrons. The molecule has 1 aromatic carbocycles. The number of guanidine groups is 1. The minimum atomic E-state index is -0.714. The molecule has 0 aliphatic carbocycles. The van der Waals surface area contributed by atoms with Gasteiger partial charge >= 0.3 is 0 Å². The van der Waals surface area contributed by atoms with Crippen LogP contribution < -0.4 is 5.32 Å². The van der Waals surface area contributed by atoms with Crippen molar-refractivity contribution >= 4 is 41.5 Å². The fourth-order valence-electron chi connectivity index (χ4n) is 3.32. The average Bonchev–Trinajstić information content (AvgIpc) is 3.27. The molecule has 2 unspecified atom stereocenters. The van der Waals surface area contributed by atoms with Gasteiger partial charge in [-0.15, -0.1) is 24.0 Å². The van der Waals surface area contributed by atoms with Crippen molar-refractivity contribution in [2.24, 2.45) is 12.0 Å². The molecule has 3 rings (SSSR count). The van der Waals surface area contributed by atoms with Crippen LogP contribution in [0.15, 0.2) is 41.7 Å². The molecule has 148 valence electrons. The molecule has 0 spiro atoms. The molecule has 0 amide bonds. The third kappa shape index (κ3) is 5.58. The van der Waals surface area contributed by atoms with Crippen molar-refractivity contribution in [1.82, 2.24) is 20.0 Å². The van der Waals surface area contributed by atoms with Gasteiger partial charge < -0.3 is 15.3 Å². The van der Waals surface area contributed by atoms with E-state index in [9.17, 15) is 5.11 Å². The van der Waals surface area contributed by atoms with Crippen LogP contribution in [0.3, 0.4) is 0 Å². The van der Waals surface area contributed by atoms with E-state index < -0.39 is 6.10 Å². The first-order valence-electron chi connectivity index (χ1n) is 9.02. The Kier molecular flexibility index (Phi) is 8.37. The molecule has 8 heteroatoms. The van der Waals surface area contributed by atoms with Gasteiger partial charge in [-0.1, -0.05) is 29.8 Å². The number of rotatable bonds is 5. The normalized spacial score (nSPS) is 18.3. The van der Waals surface area contributed by atoms with Crippen LogP contribution in [0.25, 0.3) is 0 Å². The highest BCUT2D eigenvalue weighted by Gasteiger charge is 2.27. The summed E-state index contributed by atoms with van der Waals surface area (Å²) in [7, 11) is 1.94. The number of benzene rings is 1. The molecule has 27 heavy (non-hydrogen) atoms. The number of halogens is 2. The van der Waals surface area contributed by atoms with Crippen molar-refractivity contribution in [1.29, 1.82) is 0 Å². The lowest BCUT2D eigenvalue weighted by atomic mass is 10.0. The maximum atomic E-state index is 10.4. The fourth-order valence-corrected chi connectivity index (χ4v) is 3.58. The zero-order valence-electron chi connectivity index (χ0n) is 15.7. The molecule has 1 aliphatic rings. The maximum Gasteiger partial charge on any atom is 0.194 e. The highest BCUT2D eigenvalue weighted by molar-refractivity contribution is 14.0. The Morgan fingerprint density at radius 2 is 2.22 bits per heavy atom. The second-order valence-electron chi connectivity index (χ2n) is 6.61. The van der Waals surface area contributed by atoms with Crippen LogP contribution in [0.4, 0.5) is 0 Å². The Balaban J connectivity index is 0.00000261. The molecule has 2 aromatic rings. The molecular formula is C19H27ClIN5O. The number of aryl methyl sites for hydroxylation is 1. The monoisotopic (exact) mass is 503 g/mol. The number of aliphatic hydroxyl groups is 1. The summed E-state index contributed by atoms with van der Waals surface area (Å²) in [6.07, 6.45) is 4.39. The summed E-state index contributed by atoms with van der Waals surface area (Å²) in [6, 6.07) is 7.35. The number of aromatic nitrogens is 2. The molecule has 0 saturated carbocycles. The second-order valence-corrected chi connectivity index (χ2v) is 7.02. The van der Waals surface area contributed by atoms with Gasteiger partial charge in [0.1, 0.15) is 6.10 Å². The molecule has 1 saturated heterocycles. The molecular weight excluding hydrogens is 477 g/mol. The van der Waals surface area contributed by atoms with E-state index in [4.69, 9.17) is 11.6 Å². The van der Waals surface area contributed by atoms with Gasteiger partial charge in [-0.2, -0.15) is 5.10 Å². The Bertz CT molecular complexity index is 766. The van der Waals surface area contributed by atoms with E-state index in [0.717, 1.165) is 32.0 Å². The molecule has 2 atom stereocenters. The predicted molar refractivity (Wildman–Crippen MR) is 120 cm³/mol. The maximum absolute atomic E-state index is 10.4. The SMILES string of the molecule is CCNC(=NCC(O)c1ccccc1Cl)N1CCC(c2cnn(C)c2)C1.I. The molecule has 2 N–H and O–H groups in total. The van der Waals surface area contributed by atoms with Crippen molar-refractivity contribution in [3.05, 3.63) is 52.8 Å². The van der Waals surface area contributed by atoms with Crippen molar-refractivity contribution in [3.63, 3.8) is 0 Å². The van der Waals surface area contributed by atoms with E-state index in [-0.39, 0.29) is 30.5 Å². The van der Waals surface area contributed by atoms with E-state index in [0.29, 0.717) is 16.5 Å². The summed E-state index contributed by atoms with van der Waals surface area (Å²) < 4.78 is 1.84. The first-order valence-corrected chi connectivity index (χ1v) is 9.40. The minimum Gasteiger partial charge on any atom is -0.386 e. The summed E-state index contributed by atoms with van der Waals surface area (Å²) in [5.74, 6) is 1.30. The topological polar surface area (TPSA) is 65.7 Å². The van der Waals surface area contributed by atoms with Gasteiger partial charge in [0.2, 0.25) is 0 Å². The standard InChI is InChI=1S/C19H26ClN5O.HI/c1-3-21-19(22-11-18(26)16-6-4-5-7-17(16)20)25-9-8-14(13-25)15-10-23-24(2)12-15;/h4-7,10,12,14,18,26H,3,8-9,11,13H2,1-2H3,(H,21,22);1H. The molecule has 1 aromatic heterocycles. The number of nitrogens with one attached hydrogen (secondary N) is 1. The van der Waals surface area contributed by atoms with E-state index in [1.165, 1.54) is 5.56 Å². The van der Waals surface area contributed by atoms with Crippen molar-refractivity contribution in [3.8, 4) is 0 Å². The third-order valence-corrected chi connectivity index (χ3v) is 5.04. The minimum absolute atomic E-state index is 0. The lowest BCUT2D eigenvalue weighted by molar-refractivity contribution is 0.187. The summed E-state index contributed by atoms with van der Waals surface area (Å²) in [4.78, 5) is 6.90. The van der Waals surface area contributed by atoms with Gasteiger partial charge in [-0.25, -0.2) is 0 Å². The number of nitrogens with zero attached hydrogens (tertiary/aromatic N) is 4. The van der Waals surface area contributed by atoms with Crippen LogP contribution in [0.5, 0.6) is 0 Å². The Morgan fingerprint density at radius 1 is 1.44 bits per heavy atom. The first-order chi connectivity index (χ1) is 12.6. The first kappa shape index (κ1) is 22.0. The van der Waals surface area contributed by atoms with Crippen LogP contribution >= 0.6 is 35.6 Å². The van der Waals surface area contributed by atoms with Crippen molar-refractivity contribution in [2.45, 2.75) is 25.4 Å². The van der Waals surface area contributed by atoms with Crippen LogP contribution in [0, 0.1) is 0 Å². The van der Waals surface area contributed by atoms with Gasteiger partial charge in [-0.05, 0) is 25.0 Å². The number of hydrogen-bond acceptors (Lipinski definition) is 3. The summed E-state index contributed by atoms with van der Waals surface area (Å²) in [5, 5.41) is 18.6. The molecule has 1 fully saturated rings. The average molecular weight is 504 g/mol. The zero-order chi connectivity index (χ0) is 18.5. The van der Waals surface area contributed by atoms with Crippen molar-refractivity contribution < 1.29 is 5.11 Å². The van der Waals surface area contributed by atoms with Crippen LogP contribution in [-0.4, -0.2) is 51.9 Å². The Hall–Kier alpha value is -1.32. The van der Waals surface area contributed by atoms with Gasteiger partial charge in [0.15, 0.2) is 5.96 Å². The molecule has 0 bridgehead atoms. The number of aliphatic hydroxyl groups excluding tert-OH is 1. The number of hydrogen-bond donors (Lipinski definition) is 2. The quantitative estimate of drug-likeness (QED) is 0.374. The highest BCUT2D eigenvalue weighted by atomic mass is 127. The third-order valence-electron chi connectivity index (χ3n) is 4.70. The smallest absolute Gasteiger partial charge is 0.194 e. The van der Waals surface area contributed by atoms with E-state index >= 15 is 0 Å². The molecule has 1 aliphatic heterocycles. The van der Waals surface area contributed by atoms with Crippen LogP contribution in [-0.2, 0) is 7.05 Å². The Morgan fingerprint density at radius 3 is 2.89 bits per heavy atom. The van der Waals surface area contributed by atoms with Gasteiger partial charge in [0, 0.05) is 49.4 Å². The highest BCUT2D eigenvalue weighted by Crippen LogP contribution is 2.27. The lowest BCUT2D eigenvalue weighted by Crippen LogP contribution is -2.40. The molecule has 2 heterocycles. The van der Waals surface area contributed by atoms with E-state index in [1.807, 2.05) is 36.1 Å². The lowest BCUT2D eigenvalue weighted by Gasteiger charge is -2.22. The summed E-state index contributed by atoms with van der Waals surface area (Å²) >= 11 is 6.17. The van der Waals surface area contributed by atoms with Crippen LogP contribution in [0.1, 0.15) is 36.5 Å². The zero-order valence-corrected chi connectivity index (χ0v) is 18.8. The Labute approximate surface area is 182 Å². The van der Waals surface area contributed by atoms with Crippen molar-refractivity contribution in [2.75, 3.05) is 26.2 Å². The van der Waals surface area contributed by atoms with Crippen LogP contribution in [0.2, 0.25) is 5.02 Å². The number of likely N-dealkylation sites (tertiary alicyclic amines) is 1. The summed E-state index contributed by atoms with van der Waals surface area (Å²) in [6.45, 7) is 4.96. The second kappa shape index (κ2) is 10.3. The molecule has 6 nitrogen and oxygen atoms in total. The van der Waals surface area contributed by atoms with Gasteiger partial charge in [-0.3, -0.25) is 9.67 Å². The predicted octanol–water partition coefficient (Wildman–Crippen LogP) is 3.18. The van der Waals surface area contributed by atoms with Gasteiger partial charge in [0.25, 0.3) is 0 Å².